The van der Waals surface area contributed by atoms with Crippen molar-refractivity contribution < 1.29 is 14.3 Å². The topological polar surface area (TPSA) is 61.5 Å². The van der Waals surface area contributed by atoms with Gasteiger partial charge in [0, 0.05) is 13.7 Å². The Kier molecular flexibility index (Phi) is 5.72. The summed E-state index contributed by atoms with van der Waals surface area (Å²) in [5.41, 5.74) is 4.95. The fourth-order valence-electron chi connectivity index (χ4n) is 1.27. The Morgan fingerprint density at radius 3 is 2.50 bits per heavy atom. The van der Waals surface area contributed by atoms with Crippen LogP contribution in [0.4, 0.5) is 0 Å². The first-order chi connectivity index (χ1) is 6.50. The highest BCUT2D eigenvalue weighted by molar-refractivity contribution is 5.76. The summed E-state index contributed by atoms with van der Waals surface area (Å²) in [5, 5.41) is 0. The van der Waals surface area contributed by atoms with E-state index in [-0.39, 0.29) is 18.6 Å². The second kappa shape index (κ2) is 5.98. The number of nitrogens with two attached hydrogens (primary N) is 1. The van der Waals surface area contributed by atoms with Gasteiger partial charge < -0.3 is 15.2 Å². The van der Waals surface area contributed by atoms with Crippen molar-refractivity contribution in [2.45, 2.75) is 33.3 Å². The van der Waals surface area contributed by atoms with Crippen LogP contribution in [0.5, 0.6) is 0 Å². The normalized spacial score (nSPS) is 17.2. The summed E-state index contributed by atoms with van der Waals surface area (Å²) in [5.74, 6) is -0.244. The molecule has 14 heavy (non-hydrogen) atoms. The molecule has 0 aromatic carbocycles. The molecular formula is C10H21NO3. The lowest BCUT2D eigenvalue weighted by atomic mass is 9.85. The smallest absolute Gasteiger partial charge is 0.313 e. The van der Waals surface area contributed by atoms with Gasteiger partial charge in [0.15, 0.2) is 0 Å². The maximum atomic E-state index is 11.6. The molecular weight excluding hydrogens is 182 g/mol. The molecule has 0 amide bonds. The van der Waals surface area contributed by atoms with Crippen LogP contribution in [-0.2, 0) is 14.3 Å². The summed E-state index contributed by atoms with van der Waals surface area (Å²) in [6.07, 6.45) is 0.590. The summed E-state index contributed by atoms with van der Waals surface area (Å²) in [6.45, 7) is 6.16. The van der Waals surface area contributed by atoms with Gasteiger partial charge in [-0.25, -0.2) is 0 Å². The Labute approximate surface area is 85.8 Å². The second-order valence-electron chi connectivity index (χ2n) is 3.74. The number of esters is 1. The number of carbonyl (C=O) groups is 1. The standard InChI is InChI=1S/C10H21NO3/c1-5-14-9(12)10(3,7-11)6-8(2)13-4/h8H,5-7,11H2,1-4H3. The minimum Gasteiger partial charge on any atom is -0.466 e. The monoisotopic (exact) mass is 203 g/mol. The molecule has 0 aliphatic carbocycles. The highest BCUT2D eigenvalue weighted by Crippen LogP contribution is 2.24. The average Bonchev–Trinajstić information content (AvgIpc) is 2.17. The number of rotatable bonds is 6. The molecule has 4 nitrogen and oxygen atoms in total. The average molecular weight is 203 g/mol. The molecule has 2 unspecified atom stereocenters. The first kappa shape index (κ1) is 13.4. The molecule has 0 aliphatic heterocycles. The van der Waals surface area contributed by atoms with Gasteiger partial charge in [-0.2, -0.15) is 0 Å². The summed E-state index contributed by atoms with van der Waals surface area (Å²) >= 11 is 0. The van der Waals surface area contributed by atoms with Crippen LogP contribution in [0.2, 0.25) is 0 Å². The molecule has 2 atom stereocenters. The number of hydrogen-bond donors (Lipinski definition) is 1. The number of ether oxygens (including phenoxy) is 2. The maximum Gasteiger partial charge on any atom is 0.313 e. The van der Waals surface area contributed by atoms with Crippen LogP contribution in [0.25, 0.3) is 0 Å². The molecule has 0 saturated heterocycles. The molecule has 0 spiro atoms. The van der Waals surface area contributed by atoms with Crippen LogP contribution < -0.4 is 5.73 Å². The minimum atomic E-state index is -0.633. The lowest BCUT2D eigenvalue weighted by molar-refractivity contribution is -0.155. The van der Waals surface area contributed by atoms with Crippen LogP contribution in [0.15, 0.2) is 0 Å². The van der Waals surface area contributed by atoms with Crippen molar-refractivity contribution in [1.82, 2.24) is 0 Å². The predicted octanol–water partition coefficient (Wildman–Crippen LogP) is 0.940. The van der Waals surface area contributed by atoms with Crippen LogP contribution in [0, 0.1) is 5.41 Å². The largest absolute Gasteiger partial charge is 0.466 e. The van der Waals surface area contributed by atoms with Gasteiger partial charge in [-0.05, 0) is 27.2 Å². The van der Waals surface area contributed by atoms with Crippen LogP contribution in [0.3, 0.4) is 0 Å². The van der Waals surface area contributed by atoms with Gasteiger partial charge in [-0.1, -0.05) is 0 Å². The fraction of sp³-hybridized carbons (Fsp3) is 0.900. The molecule has 0 bridgehead atoms. The minimum absolute atomic E-state index is 0.00737. The molecule has 0 aliphatic rings. The van der Waals surface area contributed by atoms with E-state index in [1.165, 1.54) is 0 Å². The third-order valence-electron chi connectivity index (χ3n) is 2.36. The van der Waals surface area contributed by atoms with E-state index in [0.717, 1.165) is 0 Å². The predicted molar refractivity (Wildman–Crippen MR) is 54.9 cm³/mol. The first-order valence-corrected chi connectivity index (χ1v) is 4.90. The van der Waals surface area contributed by atoms with Crippen molar-refractivity contribution in [3.8, 4) is 0 Å². The quantitative estimate of drug-likeness (QED) is 0.653. The zero-order valence-electron chi connectivity index (χ0n) is 9.50. The van der Waals surface area contributed by atoms with E-state index >= 15 is 0 Å². The lowest BCUT2D eigenvalue weighted by Crippen LogP contribution is -2.40. The van der Waals surface area contributed by atoms with Crippen LogP contribution in [-0.4, -0.2) is 32.3 Å². The van der Waals surface area contributed by atoms with Gasteiger partial charge in [0.2, 0.25) is 0 Å². The van der Waals surface area contributed by atoms with Gasteiger partial charge in [-0.15, -0.1) is 0 Å². The van der Waals surface area contributed by atoms with Crippen LogP contribution >= 0.6 is 0 Å². The zero-order chi connectivity index (χ0) is 11.2. The molecule has 0 aromatic heterocycles. The molecule has 84 valence electrons. The zero-order valence-corrected chi connectivity index (χ0v) is 9.50. The lowest BCUT2D eigenvalue weighted by Gasteiger charge is -2.27. The Bertz CT molecular complexity index is 184. The number of methoxy groups -OCH3 is 1. The van der Waals surface area contributed by atoms with Gasteiger partial charge in [-0.3, -0.25) is 4.79 Å². The van der Waals surface area contributed by atoms with Crippen molar-refractivity contribution in [2.75, 3.05) is 20.3 Å². The van der Waals surface area contributed by atoms with Crippen molar-refractivity contribution >= 4 is 5.97 Å². The van der Waals surface area contributed by atoms with E-state index in [1.807, 2.05) is 6.92 Å². The van der Waals surface area contributed by atoms with E-state index in [9.17, 15) is 4.79 Å². The fourth-order valence-corrected chi connectivity index (χ4v) is 1.27. The third-order valence-corrected chi connectivity index (χ3v) is 2.36. The van der Waals surface area contributed by atoms with Crippen LogP contribution in [0.1, 0.15) is 27.2 Å². The Hall–Kier alpha value is -0.610. The van der Waals surface area contributed by atoms with E-state index < -0.39 is 5.41 Å². The van der Waals surface area contributed by atoms with Gasteiger partial charge in [0.25, 0.3) is 0 Å². The molecule has 0 saturated carbocycles. The van der Waals surface area contributed by atoms with E-state index in [2.05, 4.69) is 0 Å². The number of carbonyl (C=O) groups excluding carboxylic acids is 1. The summed E-state index contributed by atoms with van der Waals surface area (Å²) in [4.78, 5) is 11.6. The molecule has 0 fully saturated rings. The van der Waals surface area contributed by atoms with E-state index in [4.69, 9.17) is 15.2 Å². The maximum absolute atomic E-state index is 11.6. The molecule has 0 rings (SSSR count). The molecule has 0 radical (unpaired) electrons. The van der Waals surface area contributed by atoms with E-state index in [1.54, 1.807) is 21.0 Å². The summed E-state index contributed by atoms with van der Waals surface area (Å²) < 4.78 is 10.1. The Balaban J connectivity index is 4.37. The molecule has 0 aromatic rings. The first-order valence-electron chi connectivity index (χ1n) is 4.90. The summed E-state index contributed by atoms with van der Waals surface area (Å²) in [6, 6.07) is 0. The summed E-state index contributed by atoms with van der Waals surface area (Å²) in [7, 11) is 1.62. The van der Waals surface area contributed by atoms with Crippen molar-refractivity contribution in [2.24, 2.45) is 11.1 Å². The van der Waals surface area contributed by atoms with Gasteiger partial charge in [0.1, 0.15) is 0 Å². The van der Waals surface area contributed by atoms with Crippen molar-refractivity contribution in [3.05, 3.63) is 0 Å². The highest BCUT2D eigenvalue weighted by Gasteiger charge is 2.34. The second-order valence-corrected chi connectivity index (χ2v) is 3.74. The molecule has 2 N–H and O–H groups in total. The van der Waals surface area contributed by atoms with Gasteiger partial charge in [0.05, 0.1) is 18.1 Å². The Morgan fingerprint density at radius 2 is 2.14 bits per heavy atom. The highest BCUT2D eigenvalue weighted by atomic mass is 16.5. The Morgan fingerprint density at radius 1 is 1.57 bits per heavy atom. The molecule has 0 heterocycles. The van der Waals surface area contributed by atoms with E-state index in [0.29, 0.717) is 13.0 Å². The third kappa shape index (κ3) is 3.64. The van der Waals surface area contributed by atoms with Crippen molar-refractivity contribution in [1.29, 1.82) is 0 Å². The molecule has 4 heteroatoms. The van der Waals surface area contributed by atoms with Crippen molar-refractivity contribution in [3.63, 3.8) is 0 Å². The van der Waals surface area contributed by atoms with Gasteiger partial charge >= 0.3 is 5.97 Å². The SMILES string of the molecule is CCOC(=O)C(C)(CN)CC(C)OC. The number of hydrogen-bond acceptors (Lipinski definition) is 4.